The van der Waals surface area contributed by atoms with Crippen molar-refractivity contribution in [3.63, 3.8) is 0 Å². The van der Waals surface area contributed by atoms with Crippen LogP contribution >= 0.6 is 34.7 Å². The Morgan fingerprint density at radius 1 is 1.42 bits per heavy atom. The second-order valence-electron chi connectivity index (χ2n) is 5.26. The van der Waals surface area contributed by atoms with E-state index in [4.69, 9.17) is 16.7 Å². The summed E-state index contributed by atoms with van der Waals surface area (Å²) in [5.41, 5.74) is 0.760. The fourth-order valence-corrected chi connectivity index (χ4v) is 4.02. The minimum Gasteiger partial charge on any atom is -0.478 e. The molecule has 3 aromatic rings. The van der Waals surface area contributed by atoms with Crippen LogP contribution in [0, 0.1) is 6.92 Å². The first-order valence-corrected chi connectivity index (χ1v) is 9.53. The van der Waals surface area contributed by atoms with Crippen LogP contribution in [0.3, 0.4) is 0 Å². The summed E-state index contributed by atoms with van der Waals surface area (Å²) in [4.78, 5) is 42.4. The maximum absolute atomic E-state index is 12.1. The monoisotopic (exact) mass is 409 g/mol. The number of anilines is 1. The van der Waals surface area contributed by atoms with Crippen LogP contribution in [-0.4, -0.2) is 32.7 Å². The van der Waals surface area contributed by atoms with E-state index in [1.807, 2.05) is 0 Å². The average molecular weight is 410 g/mol. The summed E-state index contributed by atoms with van der Waals surface area (Å²) in [6.07, 6.45) is 0. The highest BCUT2D eigenvalue weighted by atomic mass is 35.5. The van der Waals surface area contributed by atoms with Crippen LogP contribution in [0.25, 0.3) is 10.2 Å². The van der Waals surface area contributed by atoms with Crippen molar-refractivity contribution in [1.82, 2.24) is 9.97 Å². The van der Waals surface area contributed by atoms with Gasteiger partial charge in [-0.25, -0.2) is 9.78 Å². The number of halogens is 1. The number of thiophene rings is 1. The Labute approximate surface area is 160 Å². The van der Waals surface area contributed by atoms with E-state index < -0.39 is 11.5 Å². The quantitative estimate of drug-likeness (QED) is 0.440. The number of benzene rings is 1. The van der Waals surface area contributed by atoms with Gasteiger partial charge in [-0.05, 0) is 24.6 Å². The van der Waals surface area contributed by atoms with Crippen molar-refractivity contribution < 1.29 is 14.7 Å². The van der Waals surface area contributed by atoms with E-state index in [1.54, 1.807) is 25.1 Å². The molecule has 134 valence electrons. The molecule has 1 aromatic carbocycles. The topological polar surface area (TPSA) is 112 Å². The number of amides is 1. The molecule has 0 bridgehead atoms. The summed E-state index contributed by atoms with van der Waals surface area (Å²) < 4.78 is 0. The van der Waals surface area contributed by atoms with Gasteiger partial charge in [-0.15, -0.1) is 11.3 Å². The predicted molar refractivity (Wildman–Crippen MR) is 103 cm³/mol. The Morgan fingerprint density at radius 3 is 2.92 bits per heavy atom. The van der Waals surface area contributed by atoms with Gasteiger partial charge in [0.1, 0.15) is 4.83 Å². The van der Waals surface area contributed by atoms with Gasteiger partial charge in [0.2, 0.25) is 5.91 Å². The van der Waals surface area contributed by atoms with Gasteiger partial charge in [-0.2, -0.15) is 0 Å². The van der Waals surface area contributed by atoms with Gasteiger partial charge in [0.15, 0.2) is 5.16 Å². The number of thioether (sulfide) groups is 1. The molecule has 0 saturated carbocycles. The van der Waals surface area contributed by atoms with Gasteiger partial charge in [0.05, 0.1) is 16.7 Å². The van der Waals surface area contributed by atoms with Crippen molar-refractivity contribution in [3.8, 4) is 0 Å². The number of hydrogen-bond donors (Lipinski definition) is 3. The molecule has 0 unspecified atom stereocenters. The van der Waals surface area contributed by atoms with E-state index in [9.17, 15) is 14.4 Å². The second kappa shape index (κ2) is 7.48. The summed E-state index contributed by atoms with van der Waals surface area (Å²) in [7, 11) is 0. The van der Waals surface area contributed by atoms with Crippen molar-refractivity contribution in [3.05, 3.63) is 50.1 Å². The third kappa shape index (κ3) is 3.74. The van der Waals surface area contributed by atoms with Gasteiger partial charge in [-0.3, -0.25) is 9.59 Å². The lowest BCUT2D eigenvalue weighted by Gasteiger charge is -2.09. The lowest BCUT2D eigenvalue weighted by Crippen LogP contribution is -2.16. The number of carbonyl (C=O) groups is 2. The first-order chi connectivity index (χ1) is 12.4. The maximum atomic E-state index is 12.1. The molecule has 26 heavy (non-hydrogen) atoms. The number of nitrogens with one attached hydrogen (secondary N) is 2. The van der Waals surface area contributed by atoms with E-state index in [1.165, 1.54) is 5.38 Å². The first-order valence-electron chi connectivity index (χ1n) is 7.29. The Kier molecular flexibility index (Phi) is 5.30. The van der Waals surface area contributed by atoms with Crippen LogP contribution in [0.2, 0.25) is 5.02 Å². The second-order valence-corrected chi connectivity index (χ2v) is 7.48. The molecular formula is C16H12ClN3O4S2. The molecule has 2 aromatic heterocycles. The number of rotatable bonds is 5. The highest BCUT2D eigenvalue weighted by Gasteiger charge is 2.17. The van der Waals surface area contributed by atoms with Crippen molar-refractivity contribution in [2.24, 2.45) is 0 Å². The van der Waals surface area contributed by atoms with Gasteiger partial charge >= 0.3 is 5.97 Å². The summed E-state index contributed by atoms with van der Waals surface area (Å²) >= 11 is 8.14. The molecule has 2 heterocycles. The number of carboxylic acids is 1. The number of aromatic amines is 1. The summed E-state index contributed by atoms with van der Waals surface area (Å²) in [6.45, 7) is 1.80. The lowest BCUT2D eigenvalue weighted by atomic mass is 10.2. The Balaban J connectivity index is 1.73. The van der Waals surface area contributed by atoms with Crippen molar-refractivity contribution >= 4 is 62.5 Å². The minimum absolute atomic E-state index is 0.0254. The molecule has 3 rings (SSSR count). The van der Waals surface area contributed by atoms with Gasteiger partial charge in [0.25, 0.3) is 5.56 Å². The third-order valence-electron chi connectivity index (χ3n) is 3.53. The number of carbonyl (C=O) groups excluding carboxylic acids is 1. The fraction of sp³-hybridized carbons (Fsp3) is 0.125. The number of fused-ring (bicyclic) bond motifs is 1. The molecule has 0 saturated heterocycles. The zero-order valence-corrected chi connectivity index (χ0v) is 15.7. The van der Waals surface area contributed by atoms with Gasteiger partial charge in [-0.1, -0.05) is 29.4 Å². The van der Waals surface area contributed by atoms with Crippen LogP contribution in [0.5, 0.6) is 0 Å². The van der Waals surface area contributed by atoms with Crippen molar-refractivity contribution in [2.75, 3.05) is 11.1 Å². The molecule has 10 heteroatoms. The van der Waals surface area contributed by atoms with E-state index >= 15 is 0 Å². The molecule has 7 nitrogen and oxygen atoms in total. The molecule has 0 radical (unpaired) electrons. The maximum Gasteiger partial charge on any atom is 0.337 e. The number of H-pyrrole nitrogens is 1. The first kappa shape index (κ1) is 18.4. The smallest absolute Gasteiger partial charge is 0.337 e. The van der Waals surface area contributed by atoms with E-state index in [2.05, 4.69) is 15.3 Å². The Morgan fingerprint density at radius 2 is 2.19 bits per heavy atom. The summed E-state index contributed by atoms with van der Waals surface area (Å²) in [5, 5.41) is 14.1. The molecule has 0 aliphatic carbocycles. The predicted octanol–water partition coefficient (Wildman–Crippen LogP) is 3.38. The van der Waals surface area contributed by atoms with E-state index in [0.717, 1.165) is 28.7 Å². The molecule has 0 fully saturated rings. The van der Waals surface area contributed by atoms with Crippen LogP contribution in [0.1, 0.15) is 15.9 Å². The van der Waals surface area contributed by atoms with Crippen LogP contribution in [0.15, 0.2) is 33.5 Å². The molecule has 1 amide bonds. The normalized spacial score (nSPS) is 10.8. The van der Waals surface area contributed by atoms with E-state index in [0.29, 0.717) is 15.5 Å². The zero-order valence-electron chi connectivity index (χ0n) is 13.3. The zero-order chi connectivity index (χ0) is 18.8. The van der Waals surface area contributed by atoms with Crippen molar-refractivity contribution in [2.45, 2.75) is 12.1 Å². The molecular weight excluding hydrogens is 398 g/mol. The largest absolute Gasteiger partial charge is 0.478 e. The van der Waals surface area contributed by atoms with Gasteiger partial charge in [0, 0.05) is 16.1 Å². The molecule has 3 N–H and O–H groups in total. The van der Waals surface area contributed by atoms with Crippen molar-refractivity contribution in [1.29, 1.82) is 0 Å². The SMILES string of the molecule is Cc1c(Cl)cccc1NC(=O)CSc1nc2scc(C(=O)O)c2c(=O)[nH]1. The van der Waals surface area contributed by atoms with Crippen LogP contribution < -0.4 is 10.9 Å². The van der Waals surface area contributed by atoms with E-state index in [-0.39, 0.29) is 27.8 Å². The number of aromatic nitrogens is 2. The van der Waals surface area contributed by atoms with Gasteiger partial charge < -0.3 is 15.4 Å². The standard InChI is InChI=1S/C16H12ClN3O4S2/c1-7-9(17)3-2-4-10(7)18-11(21)6-26-16-19-13(22)12-8(15(23)24)5-25-14(12)20-16/h2-5H,6H2,1H3,(H,18,21)(H,23,24)(H,19,20,22). The lowest BCUT2D eigenvalue weighted by molar-refractivity contribution is -0.113. The summed E-state index contributed by atoms with van der Waals surface area (Å²) in [6, 6.07) is 5.22. The average Bonchev–Trinajstić information content (AvgIpc) is 3.02. The number of nitrogens with zero attached hydrogens (tertiary/aromatic N) is 1. The highest BCUT2D eigenvalue weighted by Crippen LogP contribution is 2.25. The number of hydrogen-bond acceptors (Lipinski definition) is 6. The molecule has 0 atom stereocenters. The highest BCUT2D eigenvalue weighted by molar-refractivity contribution is 7.99. The van der Waals surface area contributed by atoms with Crippen LogP contribution in [0.4, 0.5) is 5.69 Å². The number of aromatic carboxylic acids is 1. The Bertz CT molecular complexity index is 1080. The summed E-state index contributed by atoms with van der Waals surface area (Å²) in [5.74, 6) is -1.43. The molecule has 0 spiro atoms. The minimum atomic E-state index is -1.18. The number of carboxylic acid groups (broad SMARTS) is 1. The molecule has 0 aliphatic rings. The van der Waals surface area contributed by atoms with Crippen LogP contribution in [-0.2, 0) is 4.79 Å². The third-order valence-corrected chi connectivity index (χ3v) is 5.69. The molecule has 0 aliphatic heterocycles. The Hall–Kier alpha value is -2.36. The fourth-order valence-electron chi connectivity index (χ4n) is 2.22.